The molecule has 0 saturated heterocycles. The molecule has 2 saturated carbocycles. The van der Waals surface area contributed by atoms with Crippen molar-refractivity contribution in [1.29, 1.82) is 0 Å². The molecule has 0 bridgehead atoms. The van der Waals surface area contributed by atoms with Crippen LogP contribution >= 0.6 is 0 Å². The van der Waals surface area contributed by atoms with Crippen LogP contribution < -0.4 is 0 Å². The highest BCUT2D eigenvalue weighted by Crippen LogP contribution is 2.30. The van der Waals surface area contributed by atoms with Gasteiger partial charge < -0.3 is 9.64 Å². The van der Waals surface area contributed by atoms with Gasteiger partial charge in [-0.1, -0.05) is 38.5 Å². The van der Waals surface area contributed by atoms with Gasteiger partial charge in [-0.05, 0) is 32.6 Å². The van der Waals surface area contributed by atoms with Crippen molar-refractivity contribution in [1.82, 2.24) is 4.90 Å². The normalized spacial score (nSPS) is 21.4. The molecule has 2 fully saturated rings. The molecule has 0 unspecified atom stereocenters. The molecule has 0 aliphatic heterocycles. The zero-order chi connectivity index (χ0) is 14.4. The second-order valence-corrected chi connectivity index (χ2v) is 6.02. The number of ether oxygens (including phenoxy) is 1. The third-order valence-electron chi connectivity index (χ3n) is 4.62. The van der Waals surface area contributed by atoms with Crippen LogP contribution in [0.5, 0.6) is 0 Å². The highest BCUT2D eigenvalue weighted by molar-refractivity contribution is 6.32. The molecule has 0 aromatic carbocycles. The van der Waals surface area contributed by atoms with Crippen molar-refractivity contribution in [3.8, 4) is 0 Å². The van der Waals surface area contributed by atoms with Crippen LogP contribution in [0.15, 0.2) is 0 Å². The number of nitrogens with zero attached hydrogens (tertiary/aromatic N) is 1. The fraction of sp³-hybridized carbons (Fsp3) is 0.875. The number of carbonyl (C=O) groups excluding carboxylic acids is 2. The highest BCUT2D eigenvalue weighted by atomic mass is 16.5. The molecule has 0 aromatic heterocycles. The lowest BCUT2D eigenvalue weighted by molar-refractivity contribution is -0.163. The number of carbonyl (C=O) groups is 2. The van der Waals surface area contributed by atoms with Gasteiger partial charge in [0.2, 0.25) is 0 Å². The molecule has 20 heavy (non-hydrogen) atoms. The Morgan fingerprint density at radius 1 is 0.900 bits per heavy atom. The summed E-state index contributed by atoms with van der Waals surface area (Å²) in [5.41, 5.74) is 0. The molecular weight excluding hydrogens is 254 g/mol. The number of rotatable bonds is 3. The van der Waals surface area contributed by atoms with Crippen LogP contribution in [0.25, 0.3) is 0 Å². The molecule has 4 heteroatoms. The smallest absolute Gasteiger partial charge is 0.397 e. The maximum absolute atomic E-state index is 12.5. The Balaban J connectivity index is 2.09. The lowest BCUT2D eigenvalue weighted by Gasteiger charge is -2.41. The lowest BCUT2D eigenvalue weighted by atomic mass is 9.88. The summed E-state index contributed by atoms with van der Waals surface area (Å²) in [6.45, 7) is 2.02. The molecule has 0 aromatic rings. The van der Waals surface area contributed by atoms with Crippen molar-refractivity contribution in [2.24, 2.45) is 0 Å². The van der Waals surface area contributed by atoms with Crippen LogP contribution in [0, 0.1) is 0 Å². The maximum atomic E-state index is 12.5. The number of amides is 1. The fourth-order valence-corrected chi connectivity index (χ4v) is 3.65. The van der Waals surface area contributed by atoms with E-state index < -0.39 is 11.9 Å². The summed E-state index contributed by atoms with van der Waals surface area (Å²) < 4.78 is 4.94. The first kappa shape index (κ1) is 15.3. The van der Waals surface area contributed by atoms with E-state index in [9.17, 15) is 9.59 Å². The Labute approximate surface area is 121 Å². The van der Waals surface area contributed by atoms with E-state index in [0.717, 1.165) is 25.7 Å². The number of hydrogen-bond donors (Lipinski definition) is 0. The second kappa shape index (κ2) is 7.65. The minimum atomic E-state index is -0.663. The van der Waals surface area contributed by atoms with E-state index in [-0.39, 0.29) is 18.7 Å². The quantitative estimate of drug-likeness (QED) is 0.590. The van der Waals surface area contributed by atoms with Gasteiger partial charge >= 0.3 is 11.9 Å². The Bertz CT molecular complexity index is 313. The molecular formula is C16H27NO3. The molecule has 0 heterocycles. The van der Waals surface area contributed by atoms with Crippen LogP contribution in [0.1, 0.15) is 71.1 Å². The van der Waals surface area contributed by atoms with Crippen LogP contribution in [0.3, 0.4) is 0 Å². The molecule has 4 nitrogen and oxygen atoms in total. The van der Waals surface area contributed by atoms with E-state index in [1.807, 2.05) is 4.90 Å². The van der Waals surface area contributed by atoms with Gasteiger partial charge in [-0.25, -0.2) is 4.79 Å². The van der Waals surface area contributed by atoms with Crippen molar-refractivity contribution < 1.29 is 14.3 Å². The van der Waals surface area contributed by atoms with Gasteiger partial charge in [0.25, 0.3) is 0 Å². The van der Waals surface area contributed by atoms with E-state index in [1.54, 1.807) is 6.92 Å². The number of esters is 1. The third-order valence-corrected chi connectivity index (χ3v) is 4.62. The van der Waals surface area contributed by atoms with Gasteiger partial charge in [0.15, 0.2) is 0 Å². The zero-order valence-corrected chi connectivity index (χ0v) is 12.6. The van der Waals surface area contributed by atoms with Crippen molar-refractivity contribution in [2.75, 3.05) is 6.61 Å². The summed E-state index contributed by atoms with van der Waals surface area (Å²) in [6, 6.07) is 0.507. The van der Waals surface area contributed by atoms with Gasteiger partial charge in [0.05, 0.1) is 6.61 Å². The molecule has 2 aliphatic carbocycles. The molecule has 2 rings (SSSR count). The average molecular weight is 281 g/mol. The molecule has 0 radical (unpaired) electrons. The van der Waals surface area contributed by atoms with E-state index in [1.165, 1.54) is 38.5 Å². The monoisotopic (exact) mass is 281 g/mol. The Kier molecular flexibility index (Phi) is 5.86. The van der Waals surface area contributed by atoms with Gasteiger partial charge in [-0.3, -0.25) is 4.79 Å². The summed E-state index contributed by atoms with van der Waals surface area (Å²) >= 11 is 0. The first-order chi connectivity index (χ1) is 9.74. The molecule has 1 amide bonds. The first-order valence-corrected chi connectivity index (χ1v) is 8.23. The van der Waals surface area contributed by atoms with Gasteiger partial charge in [-0.15, -0.1) is 0 Å². The Morgan fingerprint density at radius 3 is 1.75 bits per heavy atom. The summed E-state index contributed by atoms with van der Waals surface area (Å²) in [5, 5.41) is 0. The maximum Gasteiger partial charge on any atom is 0.397 e. The van der Waals surface area contributed by atoms with E-state index in [0.29, 0.717) is 0 Å². The van der Waals surface area contributed by atoms with Gasteiger partial charge in [-0.2, -0.15) is 0 Å². The third kappa shape index (κ3) is 3.74. The standard InChI is InChI=1S/C16H27NO3/c1-2-20-16(19)15(18)17(13-9-5-3-6-10-13)14-11-7-4-8-12-14/h13-14H,2-12H2,1H3. The van der Waals surface area contributed by atoms with E-state index in [2.05, 4.69) is 0 Å². The van der Waals surface area contributed by atoms with E-state index >= 15 is 0 Å². The summed E-state index contributed by atoms with van der Waals surface area (Å²) in [4.78, 5) is 26.2. The van der Waals surface area contributed by atoms with Crippen LogP contribution in [-0.2, 0) is 14.3 Å². The minimum absolute atomic E-state index is 0.253. The van der Waals surface area contributed by atoms with Crippen molar-refractivity contribution >= 4 is 11.9 Å². The summed E-state index contributed by atoms with van der Waals surface area (Å²) in [6.07, 6.45) is 11.4. The first-order valence-electron chi connectivity index (χ1n) is 8.23. The molecule has 0 atom stereocenters. The second-order valence-electron chi connectivity index (χ2n) is 6.02. The largest absolute Gasteiger partial charge is 0.459 e. The summed E-state index contributed by atoms with van der Waals surface area (Å²) in [7, 11) is 0. The zero-order valence-electron chi connectivity index (χ0n) is 12.6. The van der Waals surface area contributed by atoms with Crippen LogP contribution in [0.4, 0.5) is 0 Å². The SMILES string of the molecule is CCOC(=O)C(=O)N(C1CCCCC1)C1CCCCC1. The van der Waals surface area contributed by atoms with Gasteiger partial charge in [0, 0.05) is 12.1 Å². The molecule has 0 N–H and O–H groups in total. The fourth-order valence-electron chi connectivity index (χ4n) is 3.65. The molecule has 114 valence electrons. The number of hydrogen-bond acceptors (Lipinski definition) is 3. The van der Waals surface area contributed by atoms with Gasteiger partial charge in [0.1, 0.15) is 0 Å². The van der Waals surface area contributed by atoms with Crippen molar-refractivity contribution in [2.45, 2.75) is 83.2 Å². The Hall–Kier alpha value is -1.06. The Morgan fingerprint density at radius 2 is 1.35 bits per heavy atom. The van der Waals surface area contributed by atoms with Crippen molar-refractivity contribution in [3.05, 3.63) is 0 Å². The highest BCUT2D eigenvalue weighted by Gasteiger charge is 2.36. The predicted octanol–water partition coefficient (Wildman–Crippen LogP) is 3.04. The molecule has 0 spiro atoms. The van der Waals surface area contributed by atoms with Crippen molar-refractivity contribution in [3.63, 3.8) is 0 Å². The lowest BCUT2D eigenvalue weighted by Crippen LogP contribution is -2.51. The minimum Gasteiger partial charge on any atom is -0.459 e. The topological polar surface area (TPSA) is 46.6 Å². The molecule has 2 aliphatic rings. The summed E-state index contributed by atoms with van der Waals surface area (Å²) in [5.74, 6) is -1.06. The van der Waals surface area contributed by atoms with Crippen LogP contribution in [-0.4, -0.2) is 35.5 Å². The predicted molar refractivity (Wildman–Crippen MR) is 77.2 cm³/mol. The average Bonchev–Trinajstić information content (AvgIpc) is 2.50. The van der Waals surface area contributed by atoms with Crippen LogP contribution in [0.2, 0.25) is 0 Å². The van der Waals surface area contributed by atoms with E-state index in [4.69, 9.17) is 4.74 Å².